The highest BCUT2D eigenvalue weighted by Gasteiger charge is 2.21. The number of carbonyl (C=O) groups is 1. The van der Waals surface area contributed by atoms with Crippen LogP contribution in [0, 0.1) is 6.92 Å². The third kappa shape index (κ3) is 3.24. The lowest BCUT2D eigenvalue weighted by atomic mass is 10.2. The van der Waals surface area contributed by atoms with Crippen LogP contribution in [0.25, 0.3) is 0 Å². The highest BCUT2D eigenvalue weighted by molar-refractivity contribution is 9.10. The highest BCUT2D eigenvalue weighted by atomic mass is 79.9. The smallest absolute Gasteiger partial charge is 0.242 e. The molecule has 1 aromatic rings. The first-order chi connectivity index (χ1) is 8.18. The maximum atomic E-state index is 12.0. The second-order valence-corrected chi connectivity index (χ2v) is 5.99. The Morgan fingerprint density at radius 1 is 1.59 bits per heavy atom. The van der Waals surface area contributed by atoms with Crippen LogP contribution in [0.4, 0.5) is 5.69 Å². The Hall–Kier alpha value is -0.520. The van der Waals surface area contributed by atoms with Crippen LogP contribution in [0.1, 0.15) is 5.56 Å². The van der Waals surface area contributed by atoms with Crippen molar-refractivity contribution in [1.29, 1.82) is 0 Å². The number of amides is 1. The van der Waals surface area contributed by atoms with Gasteiger partial charge in [0, 0.05) is 28.2 Å². The van der Waals surface area contributed by atoms with Gasteiger partial charge in [-0.3, -0.25) is 4.79 Å². The Labute approximate surface area is 114 Å². The lowest BCUT2D eigenvalue weighted by Crippen LogP contribution is -2.46. The molecule has 0 radical (unpaired) electrons. The average Bonchev–Trinajstić information content (AvgIpc) is 2.36. The summed E-state index contributed by atoms with van der Waals surface area (Å²) in [5.74, 6) is 1.98. The van der Waals surface area contributed by atoms with Crippen LogP contribution in [0.2, 0.25) is 0 Å². The second kappa shape index (κ2) is 5.89. The largest absolute Gasteiger partial charge is 0.324 e. The number of thioether (sulfide) groups is 1. The molecular formula is C12H15BrN2OS. The Morgan fingerprint density at radius 3 is 3.12 bits per heavy atom. The summed E-state index contributed by atoms with van der Waals surface area (Å²) in [5.41, 5.74) is 1.94. The van der Waals surface area contributed by atoms with Crippen LogP contribution < -0.4 is 10.6 Å². The maximum Gasteiger partial charge on any atom is 0.242 e. The van der Waals surface area contributed by atoms with Gasteiger partial charge in [0.2, 0.25) is 5.91 Å². The Balaban J connectivity index is 2.04. The van der Waals surface area contributed by atoms with E-state index < -0.39 is 0 Å². The molecule has 1 amide bonds. The van der Waals surface area contributed by atoms with Crippen LogP contribution in [0.15, 0.2) is 22.7 Å². The van der Waals surface area contributed by atoms with Crippen molar-refractivity contribution in [1.82, 2.24) is 5.32 Å². The van der Waals surface area contributed by atoms with Crippen molar-refractivity contribution in [3.63, 3.8) is 0 Å². The zero-order chi connectivity index (χ0) is 12.3. The normalized spacial score (nSPS) is 20.0. The number of carbonyl (C=O) groups excluding carboxylic acids is 1. The molecule has 1 heterocycles. The lowest BCUT2D eigenvalue weighted by molar-refractivity contribution is -0.117. The second-order valence-electron chi connectivity index (χ2n) is 3.98. The molecule has 1 aromatic carbocycles. The number of hydrogen-bond acceptors (Lipinski definition) is 3. The minimum Gasteiger partial charge on any atom is -0.324 e. The van der Waals surface area contributed by atoms with E-state index in [1.54, 1.807) is 0 Å². The van der Waals surface area contributed by atoms with E-state index in [-0.39, 0.29) is 11.9 Å². The number of halogens is 1. The predicted octanol–water partition coefficient (Wildman–Crippen LogP) is 2.40. The van der Waals surface area contributed by atoms with Crippen molar-refractivity contribution < 1.29 is 4.79 Å². The van der Waals surface area contributed by atoms with Gasteiger partial charge in [-0.05, 0) is 24.6 Å². The van der Waals surface area contributed by atoms with Gasteiger partial charge in [-0.2, -0.15) is 11.8 Å². The van der Waals surface area contributed by atoms with Gasteiger partial charge in [0.25, 0.3) is 0 Å². The summed E-state index contributed by atoms with van der Waals surface area (Å²) < 4.78 is 1.02. The van der Waals surface area contributed by atoms with Gasteiger partial charge in [-0.15, -0.1) is 0 Å². The molecule has 2 N–H and O–H groups in total. The molecule has 0 aromatic heterocycles. The van der Waals surface area contributed by atoms with Crippen LogP contribution in [-0.4, -0.2) is 30.0 Å². The van der Waals surface area contributed by atoms with E-state index in [1.165, 1.54) is 0 Å². The summed E-state index contributed by atoms with van der Waals surface area (Å²) in [6, 6.07) is 5.75. The quantitative estimate of drug-likeness (QED) is 0.880. The molecule has 1 fully saturated rings. The molecule has 92 valence electrons. The fourth-order valence-corrected chi connectivity index (χ4v) is 3.00. The van der Waals surface area contributed by atoms with E-state index in [0.29, 0.717) is 0 Å². The van der Waals surface area contributed by atoms with Crippen LogP contribution in [0.3, 0.4) is 0 Å². The molecule has 3 nitrogen and oxygen atoms in total. The summed E-state index contributed by atoms with van der Waals surface area (Å²) in [5, 5.41) is 6.20. The van der Waals surface area contributed by atoms with Gasteiger partial charge in [-0.25, -0.2) is 0 Å². The molecule has 2 rings (SSSR count). The summed E-state index contributed by atoms with van der Waals surface area (Å²) in [6.45, 7) is 2.89. The number of anilines is 1. The first-order valence-corrected chi connectivity index (χ1v) is 7.50. The molecule has 1 aliphatic rings. The van der Waals surface area contributed by atoms with Crippen molar-refractivity contribution in [2.24, 2.45) is 0 Å². The van der Waals surface area contributed by atoms with Gasteiger partial charge in [0.15, 0.2) is 0 Å². The molecule has 1 saturated heterocycles. The SMILES string of the molecule is Cc1c(Br)cccc1NC(=O)C1CSCCN1. The fraction of sp³-hybridized carbons (Fsp3) is 0.417. The predicted molar refractivity (Wildman–Crippen MR) is 76.6 cm³/mol. The van der Waals surface area contributed by atoms with Crippen LogP contribution in [-0.2, 0) is 4.79 Å². The van der Waals surface area contributed by atoms with Gasteiger partial charge in [-0.1, -0.05) is 22.0 Å². The number of rotatable bonds is 2. The van der Waals surface area contributed by atoms with Crippen molar-refractivity contribution in [3.8, 4) is 0 Å². The summed E-state index contributed by atoms with van der Waals surface area (Å²) in [4.78, 5) is 12.0. The fourth-order valence-electron chi connectivity index (χ4n) is 1.70. The molecule has 1 atom stereocenters. The minimum absolute atomic E-state index is 0.0541. The topological polar surface area (TPSA) is 41.1 Å². The van der Waals surface area contributed by atoms with E-state index in [4.69, 9.17) is 0 Å². The summed E-state index contributed by atoms with van der Waals surface area (Å²) >= 11 is 5.28. The number of nitrogens with one attached hydrogen (secondary N) is 2. The molecule has 0 saturated carbocycles. The summed E-state index contributed by atoms with van der Waals surface area (Å²) in [7, 11) is 0. The van der Waals surface area contributed by atoms with Crippen molar-refractivity contribution in [3.05, 3.63) is 28.2 Å². The zero-order valence-electron chi connectivity index (χ0n) is 9.63. The summed E-state index contributed by atoms with van der Waals surface area (Å²) in [6.07, 6.45) is 0. The maximum absolute atomic E-state index is 12.0. The van der Waals surface area contributed by atoms with Crippen molar-refractivity contribution in [2.45, 2.75) is 13.0 Å². The highest BCUT2D eigenvalue weighted by Crippen LogP contribution is 2.23. The molecular weight excluding hydrogens is 300 g/mol. The number of benzene rings is 1. The van der Waals surface area contributed by atoms with Crippen LogP contribution in [0.5, 0.6) is 0 Å². The van der Waals surface area contributed by atoms with Gasteiger partial charge >= 0.3 is 0 Å². The first-order valence-electron chi connectivity index (χ1n) is 5.55. The van der Waals surface area contributed by atoms with E-state index >= 15 is 0 Å². The van der Waals surface area contributed by atoms with E-state index in [9.17, 15) is 4.79 Å². The van der Waals surface area contributed by atoms with E-state index in [0.717, 1.165) is 33.8 Å². The number of hydrogen-bond donors (Lipinski definition) is 2. The van der Waals surface area contributed by atoms with E-state index in [2.05, 4.69) is 26.6 Å². The first kappa shape index (κ1) is 12.9. The zero-order valence-corrected chi connectivity index (χ0v) is 12.0. The molecule has 0 bridgehead atoms. The molecule has 0 spiro atoms. The Kier molecular flexibility index (Phi) is 4.48. The molecule has 17 heavy (non-hydrogen) atoms. The van der Waals surface area contributed by atoms with E-state index in [1.807, 2.05) is 36.9 Å². The van der Waals surface area contributed by atoms with Crippen molar-refractivity contribution >= 4 is 39.3 Å². The third-order valence-corrected chi connectivity index (χ3v) is 4.68. The third-order valence-electron chi connectivity index (χ3n) is 2.76. The molecule has 1 unspecified atom stereocenters. The molecule has 0 aliphatic carbocycles. The van der Waals surface area contributed by atoms with Gasteiger partial charge in [0.05, 0.1) is 6.04 Å². The van der Waals surface area contributed by atoms with Crippen molar-refractivity contribution in [2.75, 3.05) is 23.4 Å². The Bertz CT molecular complexity index is 419. The van der Waals surface area contributed by atoms with Crippen LogP contribution >= 0.6 is 27.7 Å². The average molecular weight is 315 g/mol. The minimum atomic E-state index is -0.0767. The Morgan fingerprint density at radius 2 is 2.41 bits per heavy atom. The molecule has 1 aliphatic heterocycles. The van der Waals surface area contributed by atoms with Gasteiger partial charge < -0.3 is 10.6 Å². The lowest BCUT2D eigenvalue weighted by Gasteiger charge is -2.22. The standard InChI is InChI=1S/C12H15BrN2OS/c1-8-9(13)3-2-4-10(8)15-12(16)11-7-17-6-5-14-11/h2-4,11,14H,5-7H2,1H3,(H,15,16). The molecule has 5 heteroatoms. The van der Waals surface area contributed by atoms with Gasteiger partial charge in [0.1, 0.15) is 0 Å². The monoisotopic (exact) mass is 314 g/mol.